The highest BCUT2D eigenvalue weighted by Crippen LogP contribution is 2.35. The van der Waals surface area contributed by atoms with Crippen LogP contribution in [-0.4, -0.2) is 51.4 Å². The van der Waals surface area contributed by atoms with Crippen molar-refractivity contribution in [3.63, 3.8) is 0 Å². The second-order valence-corrected chi connectivity index (χ2v) is 8.60. The van der Waals surface area contributed by atoms with Gasteiger partial charge in [-0.05, 0) is 34.7 Å². The topological polar surface area (TPSA) is 90.2 Å². The number of fused-ring (bicyclic) bond motifs is 1. The number of thiophene rings is 1. The largest absolute Gasteiger partial charge is 0.394 e. The molecule has 0 radical (unpaired) electrons. The number of halogens is 1. The molecule has 0 bridgehead atoms. The molecule has 1 aliphatic rings. The van der Waals surface area contributed by atoms with Crippen LogP contribution in [0.3, 0.4) is 0 Å². The SMILES string of the molecule is OCC1OC(c2ccc(Cl)c(Cc3cc4ccccc4s3)c2)[C@H](O)[C@@H](O)[C@@H]1O. The summed E-state index contributed by atoms with van der Waals surface area (Å²) in [5.74, 6) is 0. The summed E-state index contributed by atoms with van der Waals surface area (Å²) >= 11 is 8.10. The van der Waals surface area contributed by atoms with Crippen molar-refractivity contribution in [2.75, 3.05) is 6.61 Å². The van der Waals surface area contributed by atoms with E-state index in [-0.39, 0.29) is 0 Å². The fourth-order valence-electron chi connectivity index (χ4n) is 3.60. The highest BCUT2D eigenvalue weighted by atomic mass is 35.5. The number of ether oxygens (including phenoxy) is 1. The van der Waals surface area contributed by atoms with E-state index in [4.69, 9.17) is 16.3 Å². The lowest BCUT2D eigenvalue weighted by atomic mass is 9.90. The van der Waals surface area contributed by atoms with Crippen LogP contribution in [0, 0.1) is 0 Å². The van der Waals surface area contributed by atoms with Gasteiger partial charge in [0.1, 0.15) is 30.5 Å². The molecule has 4 rings (SSSR count). The van der Waals surface area contributed by atoms with Crippen LogP contribution in [0.2, 0.25) is 5.02 Å². The molecule has 0 saturated carbocycles. The first-order valence-corrected chi connectivity index (χ1v) is 10.2. The lowest BCUT2D eigenvalue weighted by Gasteiger charge is -2.40. The van der Waals surface area contributed by atoms with Gasteiger partial charge in [0.25, 0.3) is 0 Å². The van der Waals surface area contributed by atoms with Gasteiger partial charge < -0.3 is 25.2 Å². The molecule has 5 nitrogen and oxygen atoms in total. The zero-order chi connectivity index (χ0) is 19.8. The second kappa shape index (κ2) is 8.08. The maximum atomic E-state index is 10.4. The van der Waals surface area contributed by atoms with E-state index >= 15 is 0 Å². The van der Waals surface area contributed by atoms with Gasteiger partial charge in [-0.1, -0.05) is 41.9 Å². The Hall–Kier alpha value is -1.51. The average molecular weight is 421 g/mol. The lowest BCUT2D eigenvalue weighted by molar-refractivity contribution is -0.231. The van der Waals surface area contributed by atoms with E-state index in [0.717, 1.165) is 10.4 Å². The van der Waals surface area contributed by atoms with Crippen LogP contribution in [0.15, 0.2) is 48.5 Å². The molecule has 2 unspecified atom stereocenters. The van der Waals surface area contributed by atoms with Crippen LogP contribution in [0.4, 0.5) is 0 Å². The van der Waals surface area contributed by atoms with Crippen LogP contribution in [0.25, 0.3) is 10.1 Å². The summed E-state index contributed by atoms with van der Waals surface area (Å²) in [6.07, 6.45) is -5.27. The first-order chi connectivity index (χ1) is 13.5. The molecule has 1 aromatic heterocycles. The summed E-state index contributed by atoms with van der Waals surface area (Å²) in [5, 5.41) is 41.6. The number of aliphatic hydroxyl groups excluding tert-OH is 4. The Balaban J connectivity index is 1.63. The summed E-state index contributed by atoms with van der Waals surface area (Å²) in [4.78, 5) is 1.16. The normalized spacial score (nSPS) is 28.0. The molecule has 0 amide bonds. The summed E-state index contributed by atoms with van der Waals surface area (Å²) in [7, 11) is 0. The third-order valence-corrected chi connectivity index (χ3v) is 6.62. The smallest absolute Gasteiger partial charge is 0.113 e. The second-order valence-electron chi connectivity index (χ2n) is 7.03. The number of rotatable bonds is 4. The van der Waals surface area contributed by atoms with Crippen LogP contribution in [-0.2, 0) is 11.2 Å². The van der Waals surface area contributed by atoms with Crippen molar-refractivity contribution < 1.29 is 25.2 Å². The first kappa shape index (κ1) is 19.8. The first-order valence-electron chi connectivity index (χ1n) is 9.04. The van der Waals surface area contributed by atoms with Crippen molar-refractivity contribution in [3.05, 3.63) is 69.6 Å². The Morgan fingerprint density at radius 2 is 1.75 bits per heavy atom. The molecule has 28 heavy (non-hydrogen) atoms. The van der Waals surface area contributed by atoms with Gasteiger partial charge in [-0.2, -0.15) is 0 Å². The molecule has 1 aliphatic heterocycles. The van der Waals surface area contributed by atoms with E-state index in [1.54, 1.807) is 23.5 Å². The molecular formula is C21H21ClO5S. The van der Waals surface area contributed by atoms with Crippen LogP contribution >= 0.6 is 22.9 Å². The zero-order valence-corrected chi connectivity index (χ0v) is 16.5. The van der Waals surface area contributed by atoms with E-state index in [1.165, 1.54) is 10.1 Å². The Labute approximate surface area is 171 Å². The van der Waals surface area contributed by atoms with Crippen molar-refractivity contribution in [1.29, 1.82) is 0 Å². The Bertz CT molecular complexity index is 939. The van der Waals surface area contributed by atoms with Crippen molar-refractivity contribution in [2.24, 2.45) is 0 Å². The quantitative estimate of drug-likeness (QED) is 0.521. The maximum absolute atomic E-state index is 10.4. The number of hydrogen-bond donors (Lipinski definition) is 4. The van der Waals surface area contributed by atoms with Crippen LogP contribution < -0.4 is 0 Å². The minimum absolute atomic E-state index is 0.455. The number of aliphatic hydroxyl groups is 4. The van der Waals surface area contributed by atoms with E-state index in [1.807, 2.05) is 18.2 Å². The van der Waals surface area contributed by atoms with E-state index < -0.39 is 37.1 Å². The minimum Gasteiger partial charge on any atom is -0.394 e. The van der Waals surface area contributed by atoms with Gasteiger partial charge >= 0.3 is 0 Å². The monoisotopic (exact) mass is 420 g/mol. The third-order valence-electron chi connectivity index (χ3n) is 5.13. The molecule has 148 valence electrons. The van der Waals surface area contributed by atoms with Crippen molar-refractivity contribution in [1.82, 2.24) is 0 Å². The minimum atomic E-state index is -1.40. The fourth-order valence-corrected chi connectivity index (χ4v) is 4.87. The Morgan fingerprint density at radius 3 is 2.50 bits per heavy atom. The van der Waals surface area contributed by atoms with Gasteiger partial charge in [0.15, 0.2) is 0 Å². The molecule has 7 heteroatoms. The molecule has 1 saturated heterocycles. The van der Waals surface area contributed by atoms with E-state index in [9.17, 15) is 20.4 Å². The number of hydrogen-bond acceptors (Lipinski definition) is 6. The van der Waals surface area contributed by atoms with Gasteiger partial charge in [-0.15, -0.1) is 11.3 Å². The molecule has 1 fully saturated rings. The molecular weight excluding hydrogens is 400 g/mol. The lowest BCUT2D eigenvalue weighted by Crippen LogP contribution is -2.55. The van der Waals surface area contributed by atoms with Crippen molar-refractivity contribution in [2.45, 2.75) is 36.9 Å². The summed E-state index contributed by atoms with van der Waals surface area (Å²) < 4.78 is 6.87. The third kappa shape index (κ3) is 3.69. The molecule has 0 spiro atoms. The summed E-state index contributed by atoms with van der Waals surface area (Å²) in [6.45, 7) is -0.455. The highest BCUT2D eigenvalue weighted by Gasteiger charge is 2.44. The molecule has 2 heterocycles. The van der Waals surface area contributed by atoms with Gasteiger partial charge in [-0.3, -0.25) is 0 Å². The van der Waals surface area contributed by atoms with Crippen molar-refractivity contribution >= 4 is 33.0 Å². The fraction of sp³-hybridized carbons (Fsp3) is 0.333. The molecule has 2 aromatic carbocycles. The van der Waals surface area contributed by atoms with Gasteiger partial charge in [0, 0.05) is 21.0 Å². The van der Waals surface area contributed by atoms with Crippen molar-refractivity contribution in [3.8, 4) is 0 Å². The highest BCUT2D eigenvalue weighted by molar-refractivity contribution is 7.19. The molecule has 3 aromatic rings. The van der Waals surface area contributed by atoms with Crippen LogP contribution in [0.5, 0.6) is 0 Å². The summed E-state index contributed by atoms with van der Waals surface area (Å²) in [6, 6.07) is 15.6. The zero-order valence-electron chi connectivity index (χ0n) is 14.9. The average Bonchev–Trinajstić information content (AvgIpc) is 3.11. The predicted molar refractivity (Wildman–Crippen MR) is 109 cm³/mol. The standard InChI is InChI=1S/C21H21ClO5S/c22-15-6-5-12(21-20(26)19(25)18(24)16(10-23)27-21)7-13(15)9-14-8-11-3-1-2-4-17(11)28-14/h1-8,16,18-21,23-26H,9-10H2/t16?,18-,19+,20-,21?/m1/s1. The predicted octanol–water partition coefficient (Wildman–Crippen LogP) is 2.66. The molecule has 4 N–H and O–H groups in total. The molecule has 0 aliphatic carbocycles. The molecule has 5 atom stereocenters. The van der Waals surface area contributed by atoms with E-state index in [2.05, 4.69) is 18.2 Å². The summed E-state index contributed by atoms with van der Waals surface area (Å²) in [5.41, 5.74) is 1.51. The van der Waals surface area contributed by atoms with Gasteiger partial charge in [0.05, 0.1) is 6.61 Å². The van der Waals surface area contributed by atoms with Gasteiger partial charge in [-0.25, -0.2) is 0 Å². The maximum Gasteiger partial charge on any atom is 0.113 e. The van der Waals surface area contributed by atoms with Gasteiger partial charge in [0.2, 0.25) is 0 Å². The van der Waals surface area contributed by atoms with Crippen LogP contribution in [0.1, 0.15) is 22.1 Å². The Morgan fingerprint density at radius 1 is 0.964 bits per heavy atom. The van der Waals surface area contributed by atoms with E-state index in [0.29, 0.717) is 17.0 Å². The number of benzene rings is 2. The Kier molecular flexibility index (Phi) is 5.71.